The minimum absolute atomic E-state index is 0. The maximum Gasteiger partial charge on any atom is 1.00 e. The summed E-state index contributed by atoms with van der Waals surface area (Å²) in [5.41, 5.74) is 0.692. The molecule has 0 atom stereocenters. The molecule has 0 aromatic heterocycles. The van der Waals surface area contributed by atoms with Crippen molar-refractivity contribution in [1.82, 2.24) is 9.80 Å². The van der Waals surface area contributed by atoms with E-state index in [4.69, 9.17) is 17.0 Å². The molecule has 2 aliphatic heterocycles. The van der Waals surface area contributed by atoms with Gasteiger partial charge in [0.2, 0.25) is 5.88 Å². The van der Waals surface area contributed by atoms with Crippen LogP contribution < -0.4 is 39.2 Å². The van der Waals surface area contributed by atoms with Crippen molar-refractivity contribution in [3.05, 3.63) is 47.9 Å². The number of hydrogen-bond acceptors (Lipinski definition) is 8. The van der Waals surface area contributed by atoms with E-state index >= 15 is 0 Å². The normalized spacial score (nSPS) is 16.9. The first-order valence-electron chi connectivity index (χ1n) is 11.8. The van der Waals surface area contributed by atoms with Crippen molar-refractivity contribution in [3.63, 3.8) is 0 Å². The number of carbonyl (C=O) groups excluding carboxylic acids is 2. The zero-order valence-corrected chi connectivity index (χ0v) is 24.6. The number of rotatable bonds is 11. The minimum Gasteiger partial charge on any atom is -0.748 e. The standard InChI is InChI=1S/C24H31N3O6S2.Na/c1-3-5-14-26-22(28)18(23(29)27(24(26)34)15-6-4-2)12-13-21-25(16-9-17-35(30,31)32)19-10-7-8-11-20(19)33-21;/h7-8,10-13H,3-6,9,14-17H2,1-2H3,(H,30,31,32);/q;+1/p-1/b21-13-;. The van der Waals surface area contributed by atoms with Gasteiger partial charge in [0, 0.05) is 25.4 Å². The van der Waals surface area contributed by atoms with Crippen LogP contribution in [0.25, 0.3) is 0 Å². The molecule has 0 bridgehead atoms. The van der Waals surface area contributed by atoms with E-state index < -0.39 is 27.7 Å². The Labute approximate surface area is 240 Å². The quantitative estimate of drug-likeness (QED) is 0.128. The van der Waals surface area contributed by atoms with Crippen molar-refractivity contribution >= 4 is 45.0 Å². The van der Waals surface area contributed by atoms with Gasteiger partial charge in [-0.25, -0.2) is 8.42 Å². The fourth-order valence-corrected chi connectivity index (χ4v) is 4.66. The summed E-state index contributed by atoms with van der Waals surface area (Å²) < 4.78 is 39.1. The van der Waals surface area contributed by atoms with Gasteiger partial charge in [-0.1, -0.05) is 38.8 Å². The Hall–Kier alpha value is -1.76. The van der Waals surface area contributed by atoms with Gasteiger partial charge in [0.15, 0.2) is 10.9 Å². The summed E-state index contributed by atoms with van der Waals surface area (Å²) in [5.74, 6) is -0.516. The van der Waals surface area contributed by atoms with Crippen molar-refractivity contribution in [1.29, 1.82) is 0 Å². The maximum atomic E-state index is 13.2. The van der Waals surface area contributed by atoms with E-state index in [1.54, 1.807) is 17.0 Å². The summed E-state index contributed by atoms with van der Waals surface area (Å²) in [6, 6.07) is 7.18. The molecule has 0 unspecified atom stereocenters. The summed E-state index contributed by atoms with van der Waals surface area (Å²) in [5, 5.41) is 0.233. The number of amides is 2. The van der Waals surface area contributed by atoms with Crippen LogP contribution in [0.1, 0.15) is 46.0 Å². The van der Waals surface area contributed by atoms with Crippen LogP contribution in [0.2, 0.25) is 0 Å². The van der Waals surface area contributed by atoms with Crippen LogP contribution in [-0.4, -0.2) is 65.1 Å². The number of allylic oxidation sites excluding steroid dienone is 2. The number of para-hydroxylation sites is 2. The average Bonchev–Trinajstić information content (AvgIpc) is 3.15. The van der Waals surface area contributed by atoms with Crippen LogP contribution in [0.4, 0.5) is 5.69 Å². The first-order chi connectivity index (χ1) is 16.7. The van der Waals surface area contributed by atoms with Crippen LogP contribution in [-0.2, 0) is 19.7 Å². The summed E-state index contributed by atoms with van der Waals surface area (Å²) in [6.45, 7) is 5.09. The average molecular weight is 544 g/mol. The van der Waals surface area contributed by atoms with Gasteiger partial charge in [0.1, 0.15) is 5.57 Å². The minimum atomic E-state index is -4.35. The van der Waals surface area contributed by atoms with Gasteiger partial charge in [-0.2, -0.15) is 0 Å². The van der Waals surface area contributed by atoms with Crippen molar-refractivity contribution < 1.29 is 56.9 Å². The van der Waals surface area contributed by atoms with E-state index in [-0.39, 0.29) is 53.2 Å². The first kappa shape index (κ1) is 30.5. The molecule has 0 N–H and O–H groups in total. The van der Waals surface area contributed by atoms with Crippen LogP contribution in [0.5, 0.6) is 5.75 Å². The van der Waals surface area contributed by atoms with Gasteiger partial charge in [0.05, 0.1) is 15.8 Å². The molecular weight excluding hydrogens is 513 g/mol. The molecule has 12 heteroatoms. The summed E-state index contributed by atoms with van der Waals surface area (Å²) in [4.78, 5) is 31.1. The fourth-order valence-electron chi connectivity index (χ4n) is 3.83. The molecule has 1 aromatic carbocycles. The molecule has 1 fully saturated rings. The number of carbonyl (C=O) groups is 2. The summed E-state index contributed by atoms with van der Waals surface area (Å²) >= 11 is 5.48. The van der Waals surface area contributed by atoms with Crippen LogP contribution >= 0.6 is 12.2 Å². The Kier molecular flexibility index (Phi) is 11.6. The SMILES string of the molecule is CCCCN1C(=O)C(=C/C=C2\Oc3ccccc3N2CCCS(=O)(=O)[O-])C(=O)N(CCCC)C1=S.[Na+]. The van der Waals surface area contributed by atoms with Crippen molar-refractivity contribution in [2.45, 2.75) is 46.0 Å². The van der Waals surface area contributed by atoms with Crippen molar-refractivity contribution in [2.24, 2.45) is 0 Å². The molecule has 9 nitrogen and oxygen atoms in total. The molecular formula is C24H30N3NaO6S2. The van der Waals surface area contributed by atoms with E-state index in [0.29, 0.717) is 30.4 Å². The van der Waals surface area contributed by atoms with Crippen molar-refractivity contribution in [3.8, 4) is 5.75 Å². The number of hydrogen-bond donors (Lipinski definition) is 0. The third kappa shape index (κ3) is 7.39. The molecule has 0 radical (unpaired) electrons. The molecule has 190 valence electrons. The molecule has 3 rings (SSSR count). The second-order valence-corrected chi connectivity index (χ2v) is 10.2. The van der Waals surface area contributed by atoms with E-state index in [1.807, 2.05) is 26.0 Å². The molecule has 2 heterocycles. The second kappa shape index (κ2) is 13.7. The predicted molar refractivity (Wildman–Crippen MR) is 136 cm³/mol. The molecule has 0 saturated carbocycles. The fraction of sp³-hybridized carbons (Fsp3) is 0.458. The zero-order chi connectivity index (χ0) is 25.6. The largest absolute Gasteiger partial charge is 1.00 e. The third-order valence-electron chi connectivity index (χ3n) is 5.69. The van der Waals surface area contributed by atoms with Crippen LogP contribution in [0, 0.1) is 0 Å². The number of thiocarbonyl (C=S) groups is 1. The topological polar surface area (TPSA) is 110 Å². The monoisotopic (exact) mass is 543 g/mol. The van der Waals surface area contributed by atoms with Gasteiger partial charge in [0.25, 0.3) is 11.8 Å². The number of anilines is 1. The van der Waals surface area contributed by atoms with Gasteiger partial charge in [-0.05, 0) is 55.8 Å². The van der Waals surface area contributed by atoms with Crippen LogP contribution in [0.3, 0.4) is 0 Å². The van der Waals surface area contributed by atoms with E-state index in [2.05, 4.69) is 0 Å². The van der Waals surface area contributed by atoms with Gasteiger partial charge in [-0.15, -0.1) is 0 Å². The zero-order valence-electron chi connectivity index (χ0n) is 20.9. The molecule has 0 spiro atoms. The molecule has 0 aliphatic carbocycles. The molecule has 36 heavy (non-hydrogen) atoms. The number of ether oxygens (including phenoxy) is 1. The predicted octanol–water partition coefficient (Wildman–Crippen LogP) is 0.148. The van der Waals surface area contributed by atoms with E-state index in [1.165, 1.54) is 22.0 Å². The van der Waals surface area contributed by atoms with E-state index in [9.17, 15) is 22.6 Å². The van der Waals surface area contributed by atoms with Crippen LogP contribution in [0.15, 0.2) is 47.9 Å². The maximum absolute atomic E-state index is 13.2. The number of nitrogens with zero attached hydrogens (tertiary/aromatic N) is 3. The van der Waals surface area contributed by atoms with Crippen molar-refractivity contribution in [2.75, 3.05) is 30.3 Å². The van der Waals surface area contributed by atoms with Gasteiger partial charge in [-0.3, -0.25) is 19.4 Å². The Morgan fingerprint density at radius 2 is 1.47 bits per heavy atom. The molecule has 1 saturated heterocycles. The van der Waals surface area contributed by atoms with E-state index in [0.717, 1.165) is 25.7 Å². The van der Waals surface area contributed by atoms with Gasteiger partial charge >= 0.3 is 29.6 Å². The molecule has 2 amide bonds. The third-order valence-corrected chi connectivity index (χ3v) is 6.92. The number of benzene rings is 1. The second-order valence-electron chi connectivity index (χ2n) is 8.33. The van der Waals surface area contributed by atoms with Gasteiger partial charge < -0.3 is 14.2 Å². The Balaban J connectivity index is 0.00000456. The Bertz CT molecular complexity index is 1120. The number of unbranched alkanes of at least 4 members (excludes halogenated alkanes) is 2. The number of fused-ring (bicyclic) bond motifs is 1. The summed E-state index contributed by atoms with van der Waals surface area (Å²) in [6.07, 6.45) is 6.32. The Morgan fingerprint density at radius 3 is 2.03 bits per heavy atom. The summed E-state index contributed by atoms with van der Waals surface area (Å²) in [7, 11) is -4.35. The molecule has 2 aliphatic rings. The molecule has 1 aromatic rings. The Morgan fingerprint density at radius 1 is 0.917 bits per heavy atom. The smallest absolute Gasteiger partial charge is 0.748 e. The first-order valence-corrected chi connectivity index (χ1v) is 13.7.